The number of benzene rings is 1. The lowest BCUT2D eigenvalue weighted by molar-refractivity contribution is 0.340. The van der Waals surface area contributed by atoms with Crippen LogP contribution in [-0.4, -0.2) is 32.4 Å². The summed E-state index contributed by atoms with van der Waals surface area (Å²) in [6.45, 7) is 4.66. The first-order valence-corrected chi connectivity index (χ1v) is 9.13. The molecule has 0 heterocycles. The average molecular weight is 347 g/mol. The van der Waals surface area contributed by atoms with Crippen molar-refractivity contribution in [1.82, 2.24) is 4.31 Å². The molecular formula is C16H27ClN2O2S. The molecular weight excluding hydrogens is 320 g/mol. The standard InChI is InChI=1S/C16H26N2O2S.ClH/c1-4-12(2)13-7-9-15(10-8-13)21(19,20)18(3)16(11-17)14-5-6-14;/h7-10,12,14,16H,4-6,11,17H2,1-3H3;1H. The van der Waals surface area contributed by atoms with Gasteiger partial charge in [0.05, 0.1) is 4.90 Å². The van der Waals surface area contributed by atoms with Crippen molar-refractivity contribution < 1.29 is 8.42 Å². The summed E-state index contributed by atoms with van der Waals surface area (Å²) < 4.78 is 26.8. The molecule has 0 amide bonds. The van der Waals surface area contributed by atoms with E-state index in [1.165, 1.54) is 9.87 Å². The molecule has 126 valence electrons. The van der Waals surface area contributed by atoms with Gasteiger partial charge in [0.1, 0.15) is 0 Å². The number of sulfonamides is 1. The zero-order valence-electron chi connectivity index (χ0n) is 13.5. The second-order valence-corrected chi connectivity index (χ2v) is 8.04. The minimum absolute atomic E-state index is 0. The summed E-state index contributed by atoms with van der Waals surface area (Å²) >= 11 is 0. The lowest BCUT2D eigenvalue weighted by Crippen LogP contribution is -2.43. The molecule has 0 spiro atoms. The van der Waals surface area contributed by atoms with Crippen LogP contribution in [-0.2, 0) is 10.0 Å². The molecule has 1 saturated carbocycles. The molecule has 2 unspecified atom stereocenters. The number of hydrogen-bond donors (Lipinski definition) is 1. The predicted molar refractivity (Wildman–Crippen MR) is 92.9 cm³/mol. The Kier molecular flexibility index (Phi) is 6.86. The molecule has 0 aromatic heterocycles. The first kappa shape index (κ1) is 19.4. The molecule has 22 heavy (non-hydrogen) atoms. The smallest absolute Gasteiger partial charge is 0.243 e. The van der Waals surface area contributed by atoms with Crippen molar-refractivity contribution in [2.24, 2.45) is 11.7 Å². The summed E-state index contributed by atoms with van der Waals surface area (Å²) in [4.78, 5) is 0.358. The van der Waals surface area contributed by atoms with Gasteiger partial charge in [-0.1, -0.05) is 26.0 Å². The van der Waals surface area contributed by atoms with E-state index < -0.39 is 10.0 Å². The first-order valence-electron chi connectivity index (χ1n) is 7.69. The van der Waals surface area contributed by atoms with Crippen molar-refractivity contribution in [2.75, 3.05) is 13.6 Å². The van der Waals surface area contributed by atoms with E-state index in [9.17, 15) is 8.42 Å². The minimum atomic E-state index is -3.45. The molecule has 1 fully saturated rings. The van der Waals surface area contributed by atoms with Crippen molar-refractivity contribution in [3.8, 4) is 0 Å². The number of nitrogens with two attached hydrogens (primary N) is 1. The third-order valence-electron chi connectivity index (χ3n) is 4.61. The van der Waals surface area contributed by atoms with Gasteiger partial charge in [-0.3, -0.25) is 0 Å². The zero-order chi connectivity index (χ0) is 15.6. The quantitative estimate of drug-likeness (QED) is 0.825. The Balaban J connectivity index is 0.00000242. The number of nitrogens with zero attached hydrogens (tertiary/aromatic N) is 1. The van der Waals surface area contributed by atoms with Gasteiger partial charge in [0.15, 0.2) is 0 Å². The van der Waals surface area contributed by atoms with Crippen LogP contribution in [0.1, 0.15) is 44.6 Å². The highest BCUT2D eigenvalue weighted by molar-refractivity contribution is 7.89. The van der Waals surface area contributed by atoms with Gasteiger partial charge in [-0.25, -0.2) is 8.42 Å². The Morgan fingerprint density at radius 3 is 2.23 bits per heavy atom. The lowest BCUT2D eigenvalue weighted by atomic mass is 9.99. The fraction of sp³-hybridized carbons (Fsp3) is 0.625. The molecule has 2 atom stereocenters. The minimum Gasteiger partial charge on any atom is -0.329 e. The molecule has 0 bridgehead atoms. The van der Waals surface area contributed by atoms with Gasteiger partial charge in [-0.2, -0.15) is 4.31 Å². The van der Waals surface area contributed by atoms with Gasteiger partial charge in [0.25, 0.3) is 0 Å². The second kappa shape index (κ2) is 7.77. The van der Waals surface area contributed by atoms with Crippen LogP contribution < -0.4 is 5.73 Å². The van der Waals surface area contributed by atoms with Crippen LogP contribution in [0.15, 0.2) is 29.2 Å². The Bertz CT molecular complexity index is 570. The Labute approximate surface area is 140 Å². The fourth-order valence-corrected chi connectivity index (χ4v) is 4.09. The van der Waals surface area contributed by atoms with E-state index in [1.807, 2.05) is 12.1 Å². The molecule has 2 N–H and O–H groups in total. The van der Waals surface area contributed by atoms with Crippen LogP contribution in [0.4, 0.5) is 0 Å². The summed E-state index contributed by atoms with van der Waals surface area (Å²) in [6.07, 6.45) is 3.20. The molecule has 1 aliphatic carbocycles. The molecule has 0 aliphatic heterocycles. The van der Waals surface area contributed by atoms with E-state index in [0.717, 1.165) is 19.3 Å². The van der Waals surface area contributed by atoms with Gasteiger partial charge in [-0.05, 0) is 48.8 Å². The number of halogens is 1. The van der Waals surface area contributed by atoms with Gasteiger partial charge < -0.3 is 5.73 Å². The zero-order valence-corrected chi connectivity index (χ0v) is 15.2. The van der Waals surface area contributed by atoms with Crippen molar-refractivity contribution in [1.29, 1.82) is 0 Å². The monoisotopic (exact) mass is 346 g/mol. The topological polar surface area (TPSA) is 63.4 Å². The number of hydrogen-bond acceptors (Lipinski definition) is 3. The highest BCUT2D eigenvalue weighted by Gasteiger charge is 2.38. The summed E-state index contributed by atoms with van der Waals surface area (Å²) in [6, 6.07) is 7.19. The Hall–Kier alpha value is -0.620. The van der Waals surface area contributed by atoms with E-state index in [0.29, 0.717) is 23.3 Å². The maximum atomic E-state index is 12.7. The van der Waals surface area contributed by atoms with E-state index >= 15 is 0 Å². The summed E-state index contributed by atoms with van der Waals surface area (Å²) in [7, 11) is -1.80. The van der Waals surface area contributed by atoms with Gasteiger partial charge >= 0.3 is 0 Å². The molecule has 6 heteroatoms. The van der Waals surface area contributed by atoms with Gasteiger partial charge in [0, 0.05) is 19.6 Å². The van der Waals surface area contributed by atoms with E-state index in [-0.39, 0.29) is 18.4 Å². The fourth-order valence-electron chi connectivity index (χ4n) is 2.67. The summed E-state index contributed by atoms with van der Waals surface area (Å²) in [5, 5.41) is 0. The SMILES string of the molecule is CCC(C)c1ccc(S(=O)(=O)N(C)C(CN)C2CC2)cc1.Cl. The van der Waals surface area contributed by atoms with Crippen molar-refractivity contribution in [3.05, 3.63) is 29.8 Å². The van der Waals surface area contributed by atoms with Crippen LogP contribution in [0.2, 0.25) is 0 Å². The first-order chi connectivity index (χ1) is 9.91. The van der Waals surface area contributed by atoms with Gasteiger partial charge in [0.2, 0.25) is 10.0 Å². The van der Waals surface area contributed by atoms with Crippen LogP contribution in [0.3, 0.4) is 0 Å². The maximum absolute atomic E-state index is 12.7. The average Bonchev–Trinajstić information content (AvgIpc) is 3.32. The highest BCUT2D eigenvalue weighted by atomic mass is 35.5. The van der Waals surface area contributed by atoms with E-state index in [4.69, 9.17) is 5.73 Å². The highest BCUT2D eigenvalue weighted by Crippen LogP contribution is 2.36. The van der Waals surface area contributed by atoms with E-state index in [2.05, 4.69) is 13.8 Å². The Morgan fingerprint density at radius 2 is 1.82 bits per heavy atom. The third-order valence-corrected chi connectivity index (χ3v) is 6.51. The largest absolute Gasteiger partial charge is 0.329 e. The van der Waals surface area contributed by atoms with E-state index in [1.54, 1.807) is 19.2 Å². The van der Waals surface area contributed by atoms with Crippen LogP contribution >= 0.6 is 12.4 Å². The molecule has 1 aromatic rings. The molecule has 0 radical (unpaired) electrons. The molecule has 2 rings (SSSR count). The summed E-state index contributed by atoms with van der Waals surface area (Å²) in [5.74, 6) is 0.872. The molecule has 4 nitrogen and oxygen atoms in total. The normalized spacial score (nSPS) is 17.9. The second-order valence-electron chi connectivity index (χ2n) is 6.04. The van der Waals surface area contributed by atoms with Gasteiger partial charge in [-0.15, -0.1) is 12.4 Å². The molecule has 1 aromatic carbocycles. The predicted octanol–water partition coefficient (Wildman–Crippen LogP) is 2.98. The Morgan fingerprint density at radius 1 is 1.27 bits per heavy atom. The van der Waals surface area contributed by atoms with Crippen molar-refractivity contribution in [3.63, 3.8) is 0 Å². The molecule has 0 saturated heterocycles. The van der Waals surface area contributed by atoms with Crippen molar-refractivity contribution >= 4 is 22.4 Å². The summed E-state index contributed by atoms with van der Waals surface area (Å²) in [5.41, 5.74) is 6.94. The van der Waals surface area contributed by atoms with Crippen LogP contribution in [0.25, 0.3) is 0 Å². The number of likely N-dealkylation sites (N-methyl/N-ethyl adjacent to an activating group) is 1. The van der Waals surface area contributed by atoms with Crippen LogP contribution in [0, 0.1) is 5.92 Å². The molecule has 1 aliphatic rings. The van der Waals surface area contributed by atoms with Crippen LogP contribution in [0.5, 0.6) is 0 Å². The maximum Gasteiger partial charge on any atom is 0.243 e. The lowest BCUT2D eigenvalue weighted by Gasteiger charge is -2.26. The number of rotatable bonds is 7. The third kappa shape index (κ3) is 4.02. The van der Waals surface area contributed by atoms with Crippen molar-refractivity contribution in [2.45, 2.75) is 50.0 Å².